The molecule has 0 spiro atoms. The van der Waals surface area contributed by atoms with Gasteiger partial charge in [-0.15, -0.1) is 0 Å². The SMILES string of the molecule is COc1ccc(Cn2c(=O)n3ncnc3c3cc(CN4CCOC(C)(C)C4)cnc32)c(Cl)c1. The summed E-state index contributed by atoms with van der Waals surface area (Å²) in [6.07, 6.45) is 3.21. The van der Waals surface area contributed by atoms with Crippen molar-refractivity contribution in [2.45, 2.75) is 32.5 Å². The number of methoxy groups -OCH3 is 1. The van der Waals surface area contributed by atoms with Gasteiger partial charge in [-0.3, -0.25) is 9.47 Å². The summed E-state index contributed by atoms with van der Waals surface area (Å²) in [5.74, 6) is 0.654. The maximum absolute atomic E-state index is 13.2. The van der Waals surface area contributed by atoms with Crippen molar-refractivity contribution in [1.29, 1.82) is 0 Å². The van der Waals surface area contributed by atoms with E-state index in [1.165, 1.54) is 10.8 Å². The van der Waals surface area contributed by atoms with Crippen LogP contribution in [0.15, 0.2) is 41.6 Å². The molecule has 1 aliphatic rings. The molecule has 4 aromatic rings. The molecule has 0 saturated carbocycles. The highest BCUT2D eigenvalue weighted by molar-refractivity contribution is 6.31. The minimum absolute atomic E-state index is 0.180. The smallest absolute Gasteiger partial charge is 0.352 e. The molecule has 1 saturated heterocycles. The lowest BCUT2D eigenvalue weighted by molar-refractivity contribution is -0.0882. The first-order chi connectivity index (χ1) is 15.8. The van der Waals surface area contributed by atoms with Crippen LogP contribution in [0.5, 0.6) is 5.75 Å². The summed E-state index contributed by atoms with van der Waals surface area (Å²) in [7, 11) is 1.58. The molecule has 3 aromatic heterocycles. The van der Waals surface area contributed by atoms with E-state index in [9.17, 15) is 4.79 Å². The number of nitrogens with zero attached hydrogens (tertiary/aromatic N) is 6. The Morgan fingerprint density at radius 1 is 1.18 bits per heavy atom. The molecule has 0 amide bonds. The second kappa shape index (κ2) is 8.40. The van der Waals surface area contributed by atoms with Crippen LogP contribution >= 0.6 is 11.6 Å². The highest BCUT2D eigenvalue weighted by Crippen LogP contribution is 2.25. The number of aromatic nitrogens is 5. The van der Waals surface area contributed by atoms with E-state index in [0.29, 0.717) is 28.7 Å². The molecule has 0 atom stereocenters. The standard InChI is InChI=1S/C23H25ClN6O3/c1-23(2)13-28(6-7-33-23)11-15-8-18-20(25-10-15)29(22(31)30-21(18)26-14-27-30)12-16-4-5-17(32-3)9-19(16)24/h4-5,8-10,14H,6-7,11-13H2,1-3H3. The Morgan fingerprint density at radius 3 is 2.79 bits per heavy atom. The molecule has 1 fully saturated rings. The number of morpholine rings is 1. The predicted octanol–water partition coefficient (Wildman–Crippen LogP) is 2.76. The maximum Gasteiger partial charge on any atom is 0.352 e. The normalized spacial score (nSPS) is 16.5. The lowest BCUT2D eigenvalue weighted by Crippen LogP contribution is -2.47. The minimum atomic E-state index is -0.322. The Morgan fingerprint density at radius 2 is 2.03 bits per heavy atom. The fourth-order valence-corrected chi connectivity index (χ4v) is 4.57. The molecular weight excluding hydrogens is 444 g/mol. The lowest BCUT2D eigenvalue weighted by Gasteiger charge is -2.38. The van der Waals surface area contributed by atoms with Crippen LogP contribution in [0.25, 0.3) is 16.7 Å². The molecule has 10 heteroatoms. The lowest BCUT2D eigenvalue weighted by atomic mass is 10.1. The summed E-state index contributed by atoms with van der Waals surface area (Å²) >= 11 is 6.45. The van der Waals surface area contributed by atoms with Gasteiger partial charge in [0.1, 0.15) is 17.7 Å². The number of fused-ring (bicyclic) bond motifs is 3. The van der Waals surface area contributed by atoms with Gasteiger partial charge in [-0.2, -0.15) is 9.61 Å². The van der Waals surface area contributed by atoms with Crippen LogP contribution in [0, 0.1) is 0 Å². The van der Waals surface area contributed by atoms with E-state index < -0.39 is 0 Å². The topological polar surface area (TPSA) is 86.8 Å². The number of rotatable bonds is 5. The third kappa shape index (κ3) is 4.19. The number of hydrogen-bond acceptors (Lipinski definition) is 7. The zero-order valence-corrected chi connectivity index (χ0v) is 19.5. The van der Waals surface area contributed by atoms with Crippen molar-refractivity contribution in [3.63, 3.8) is 0 Å². The average molecular weight is 469 g/mol. The number of pyridine rings is 1. The summed E-state index contributed by atoms with van der Waals surface area (Å²) in [5.41, 5.74) is 2.35. The van der Waals surface area contributed by atoms with Gasteiger partial charge in [0.2, 0.25) is 0 Å². The molecular formula is C23H25ClN6O3. The molecule has 1 aliphatic heterocycles. The van der Waals surface area contributed by atoms with Gasteiger partial charge in [0.15, 0.2) is 5.65 Å². The van der Waals surface area contributed by atoms with Crippen molar-refractivity contribution < 1.29 is 9.47 Å². The fourth-order valence-electron chi connectivity index (χ4n) is 4.34. The van der Waals surface area contributed by atoms with Gasteiger partial charge >= 0.3 is 5.69 Å². The Bertz CT molecular complexity index is 1400. The summed E-state index contributed by atoms with van der Waals surface area (Å²) in [4.78, 5) is 24.6. The Kier molecular flexibility index (Phi) is 5.55. The Balaban J connectivity index is 1.57. The van der Waals surface area contributed by atoms with Gasteiger partial charge < -0.3 is 9.47 Å². The number of halogens is 1. The van der Waals surface area contributed by atoms with Crippen molar-refractivity contribution >= 4 is 28.3 Å². The second-order valence-corrected chi connectivity index (χ2v) is 9.26. The molecule has 0 N–H and O–H groups in total. The first-order valence-electron chi connectivity index (χ1n) is 10.7. The molecule has 1 aromatic carbocycles. The Hall–Kier alpha value is -3.01. The number of hydrogen-bond donors (Lipinski definition) is 0. The van der Waals surface area contributed by atoms with Gasteiger partial charge in [-0.1, -0.05) is 17.7 Å². The summed E-state index contributed by atoms with van der Waals surface area (Å²) in [5, 5.41) is 5.43. The van der Waals surface area contributed by atoms with Crippen molar-refractivity contribution in [3.8, 4) is 5.75 Å². The number of benzene rings is 1. The summed E-state index contributed by atoms with van der Waals surface area (Å²) in [6.45, 7) is 7.57. The van der Waals surface area contributed by atoms with Crippen LogP contribution < -0.4 is 10.4 Å². The van der Waals surface area contributed by atoms with Gasteiger partial charge in [0.05, 0.1) is 31.2 Å². The monoisotopic (exact) mass is 468 g/mol. The van der Waals surface area contributed by atoms with Gasteiger partial charge in [-0.25, -0.2) is 14.8 Å². The summed E-state index contributed by atoms with van der Waals surface area (Å²) < 4.78 is 13.9. The van der Waals surface area contributed by atoms with Crippen molar-refractivity contribution in [2.24, 2.45) is 0 Å². The molecule has 0 bridgehead atoms. The quantitative estimate of drug-likeness (QED) is 0.445. The second-order valence-electron chi connectivity index (χ2n) is 8.86. The largest absolute Gasteiger partial charge is 0.497 e. The Labute approximate surface area is 195 Å². The van der Waals surface area contributed by atoms with E-state index >= 15 is 0 Å². The zero-order valence-electron chi connectivity index (χ0n) is 18.8. The van der Waals surface area contributed by atoms with Crippen molar-refractivity contribution in [2.75, 3.05) is 26.8 Å². The van der Waals surface area contributed by atoms with E-state index in [4.69, 9.17) is 21.1 Å². The summed E-state index contributed by atoms with van der Waals surface area (Å²) in [6, 6.07) is 7.44. The van der Waals surface area contributed by atoms with Crippen LogP contribution in [0.2, 0.25) is 5.02 Å². The molecule has 172 valence electrons. The molecule has 9 nitrogen and oxygen atoms in total. The van der Waals surface area contributed by atoms with Crippen LogP contribution in [-0.2, 0) is 17.8 Å². The third-order valence-corrected chi connectivity index (χ3v) is 6.23. The van der Waals surface area contributed by atoms with E-state index in [-0.39, 0.29) is 17.8 Å². The van der Waals surface area contributed by atoms with Crippen LogP contribution in [0.3, 0.4) is 0 Å². The zero-order chi connectivity index (χ0) is 23.2. The third-order valence-electron chi connectivity index (χ3n) is 5.88. The van der Waals surface area contributed by atoms with Gasteiger partial charge in [0.25, 0.3) is 0 Å². The van der Waals surface area contributed by atoms with Crippen LogP contribution in [0.4, 0.5) is 0 Å². The van der Waals surface area contributed by atoms with E-state index in [1.54, 1.807) is 17.7 Å². The van der Waals surface area contributed by atoms with Crippen LogP contribution in [0.1, 0.15) is 25.0 Å². The molecule has 0 unspecified atom stereocenters. The van der Waals surface area contributed by atoms with Gasteiger partial charge in [-0.05, 0) is 43.2 Å². The molecule has 0 aliphatic carbocycles. The van der Waals surface area contributed by atoms with Crippen LogP contribution in [-0.4, -0.2) is 61.5 Å². The predicted molar refractivity (Wildman–Crippen MR) is 125 cm³/mol. The highest BCUT2D eigenvalue weighted by Gasteiger charge is 2.27. The van der Waals surface area contributed by atoms with E-state index in [0.717, 1.165) is 36.1 Å². The first kappa shape index (κ1) is 21.8. The van der Waals surface area contributed by atoms with E-state index in [2.05, 4.69) is 33.8 Å². The molecule has 33 heavy (non-hydrogen) atoms. The molecule has 4 heterocycles. The molecule has 5 rings (SSSR count). The first-order valence-corrected chi connectivity index (χ1v) is 11.1. The van der Waals surface area contributed by atoms with Crippen molar-refractivity contribution in [3.05, 3.63) is 63.4 Å². The van der Waals surface area contributed by atoms with Gasteiger partial charge in [0, 0.05) is 30.9 Å². The minimum Gasteiger partial charge on any atom is -0.497 e. The van der Waals surface area contributed by atoms with E-state index in [1.807, 2.05) is 24.4 Å². The fraction of sp³-hybridized carbons (Fsp3) is 0.391. The molecule has 0 radical (unpaired) electrons. The average Bonchev–Trinajstić information content (AvgIpc) is 3.27. The van der Waals surface area contributed by atoms with Crippen molar-refractivity contribution in [1.82, 2.24) is 29.0 Å². The highest BCUT2D eigenvalue weighted by atomic mass is 35.5. The number of ether oxygens (including phenoxy) is 2. The maximum atomic E-state index is 13.2.